The third-order valence-electron chi connectivity index (χ3n) is 5.48. The van der Waals surface area contributed by atoms with Crippen molar-refractivity contribution in [2.45, 2.75) is 10.9 Å². The Morgan fingerprint density at radius 3 is 2.27 bits per heavy atom. The minimum atomic E-state index is -3.74. The second kappa shape index (κ2) is 10.6. The van der Waals surface area contributed by atoms with Gasteiger partial charge in [0.1, 0.15) is 0 Å². The van der Waals surface area contributed by atoms with Crippen molar-refractivity contribution < 1.29 is 17.9 Å². The lowest BCUT2D eigenvalue weighted by Crippen LogP contribution is -2.43. The largest absolute Gasteiger partial charge is 0.379 e. The second-order valence-electron chi connectivity index (χ2n) is 7.85. The molecule has 1 atom stereocenters. The topological polar surface area (TPSA) is 87.7 Å². The van der Waals surface area contributed by atoms with E-state index < -0.39 is 10.0 Å². The van der Waals surface area contributed by atoms with Crippen LogP contribution in [-0.4, -0.2) is 52.1 Å². The highest BCUT2D eigenvalue weighted by Gasteiger charge is 2.21. The van der Waals surface area contributed by atoms with E-state index in [1.807, 2.05) is 30.3 Å². The highest BCUT2D eigenvalue weighted by molar-refractivity contribution is 7.92. The molecule has 3 aromatic carbocycles. The van der Waals surface area contributed by atoms with E-state index in [0.29, 0.717) is 31.0 Å². The van der Waals surface area contributed by atoms with Gasteiger partial charge in [-0.3, -0.25) is 14.4 Å². The predicted molar refractivity (Wildman–Crippen MR) is 128 cm³/mol. The number of morpholine rings is 1. The fourth-order valence-electron chi connectivity index (χ4n) is 3.74. The van der Waals surface area contributed by atoms with Crippen molar-refractivity contribution in [1.82, 2.24) is 10.2 Å². The molecule has 2 N–H and O–H groups in total. The van der Waals surface area contributed by atoms with Crippen molar-refractivity contribution >= 4 is 21.6 Å². The van der Waals surface area contributed by atoms with Gasteiger partial charge in [0.05, 0.1) is 24.2 Å². The van der Waals surface area contributed by atoms with Gasteiger partial charge in [-0.25, -0.2) is 8.42 Å². The lowest BCUT2D eigenvalue weighted by Gasteiger charge is -2.31. The van der Waals surface area contributed by atoms with Gasteiger partial charge in [-0.2, -0.15) is 0 Å². The van der Waals surface area contributed by atoms with Crippen LogP contribution < -0.4 is 10.0 Å². The van der Waals surface area contributed by atoms with Crippen LogP contribution in [-0.2, 0) is 14.8 Å². The van der Waals surface area contributed by atoms with Crippen molar-refractivity contribution in [3.05, 3.63) is 96.1 Å². The fourth-order valence-corrected chi connectivity index (χ4v) is 4.81. The molecule has 0 spiro atoms. The van der Waals surface area contributed by atoms with Gasteiger partial charge >= 0.3 is 0 Å². The molecule has 4 rings (SSSR count). The maximum Gasteiger partial charge on any atom is 0.261 e. The number of ether oxygens (including phenoxy) is 1. The van der Waals surface area contributed by atoms with Gasteiger partial charge in [-0.05, 0) is 35.9 Å². The Hall–Kier alpha value is -3.20. The maximum atomic E-state index is 13.1. The number of carbonyl (C=O) groups is 1. The molecule has 1 amide bonds. The SMILES string of the molecule is O=C(NC(CN1CCOCC1)c1ccccc1)c1cccc(NS(=O)(=O)c2ccccc2)c1. The highest BCUT2D eigenvalue weighted by atomic mass is 32.2. The number of amides is 1. The number of nitrogens with zero attached hydrogens (tertiary/aromatic N) is 1. The molecule has 0 radical (unpaired) electrons. The minimum Gasteiger partial charge on any atom is -0.379 e. The van der Waals surface area contributed by atoms with Crippen LogP contribution in [0.2, 0.25) is 0 Å². The molecule has 7 nitrogen and oxygen atoms in total. The van der Waals surface area contributed by atoms with E-state index in [-0.39, 0.29) is 16.8 Å². The van der Waals surface area contributed by atoms with Crippen LogP contribution in [0.5, 0.6) is 0 Å². The molecule has 1 unspecified atom stereocenters. The third-order valence-corrected chi connectivity index (χ3v) is 6.88. The molecule has 3 aromatic rings. The van der Waals surface area contributed by atoms with Crippen molar-refractivity contribution in [2.75, 3.05) is 37.6 Å². The summed E-state index contributed by atoms with van der Waals surface area (Å²) in [5.74, 6) is -0.266. The van der Waals surface area contributed by atoms with Gasteiger partial charge < -0.3 is 10.1 Å². The average Bonchev–Trinajstić information content (AvgIpc) is 2.85. The first-order chi connectivity index (χ1) is 16.0. The molecule has 1 aliphatic rings. The molecule has 0 bridgehead atoms. The molecule has 1 saturated heterocycles. The van der Waals surface area contributed by atoms with E-state index >= 15 is 0 Å². The van der Waals surface area contributed by atoms with Crippen molar-refractivity contribution in [3.8, 4) is 0 Å². The molecule has 1 fully saturated rings. The minimum absolute atomic E-state index is 0.162. The van der Waals surface area contributed by atoms with Crippen LogP contribution in [0, 0.1) is 0 Å². The van der Waals surface area contributed by atoms with Gasteiger partial charge in [0.15, 0.2) is 0 Å². The van der Waals surface area contributed by atoms with Gasteiger partial charge in [0.2, 0.25) is 0 Å². The van der Waals surface area contributed by atoms with Gasteiger partial charge in [0, 0.05) is 30.9 Å². The number of sulfonamides is 1. The molecule has 0 aliphatic carbocycles. The van der Waals surface area contributed by atoms with Crippen LogP contribution >= 0.6 is 0 Å². The molecule has 33 heavy (non-hydrogen) atoms. The highest BCUT2D eigenvalue weighted by Crippen LogP contribution is 2.19. The lowest BCUT2D eigenvalue weighted by atomic mass is 10.1. The average molecular weight is 466 g/mol. The zero-order valence-corrected chi connectivity index (χ0v) is 19.0. The maximum absolute atomic E-state index is 13.1. The summed E-state index contributed by atoms with van der Waals surface area (Å²) < 4.78 is 33.3. The van der Waals surface area contributed by atoms with Gasteiger partial charge in [-0.15, -0.1) is 0 Å². The quantitative estimate of drug-likeness (QED) is 0.533. The normalized spacial score (nSPS) is 15.5. The second-order valence-corrected chi connectivity index (χ2v) is 9.53. The van der Waals surface area contributed by atoms with Gasteiger partial charge in [-0.1, -0.05) is 54.6 Å². The summed E-state index contributed by atoms with van der Waals surface area (Å²) in [5.41, 5.74) is 1.72. The molecule has 8 heteroatoms. The van der Waals surface area contributed by atoms with Crippen LogP contribution in [0.1, 0.15) is 22.0 Å². The number of rotatable bonds is 8. The lowest BCUT2D eigenvalue weighted by molar-refractivity contribution is 0.0332. The van der Waals surface area contributed by atoms with E-state index in [1.165, 1.54) is 12.1 Å². The Labute approximate surface area is 194 Å². The summed E-state index contributed by atoms with van der Waals surface area (Å²) >= 11 is 0. The zero-order valence-electron chi connectivity index (χ0n) is 18.2. The Kier molecular flexibility index (Phi) is 7.39. The van der Waals surface area contributed by atoms with Crippen LogP contribution in [0.15, 0.2) is 89.8 Å². The van der Waals surface area contributed by atoms with E-state index in [0.717, 1.165) is 18.7 Å². The molecular weight excluding hydrogens is 438 g/mol. The van der Waals surface area contributed by atoms with E-state index in [2.05, 4.69) is 14.9 Å². The zero-order chi connectivity index (χ0) is 23.1. The standard InChI is InChI=1S/C25H27N3O4S/c29-25(26-24(20-8-3-1-4-9-20)19-28-14-16-32-17-15-28)21-10-7-11-22(18-21)27-33(30,31)23-12-5-2-6-13-23/h1-13,18,24,27H,14-17,19H2,(H,26,29). The molecule has 1 aliphatic heterocycles. The fraction of sp³-hybridized carbons (Fsp3) is 0.240. The summed E-state index contributed by atoms with van der Waals surface area (Å²) in [6, 6.07) is 24.3. The Morgan fingerprint density at radius 2 is 1.58 bits per heavy atom. The Balaban J connectivity index is 1.50. The summed E-state index contributed by atoms with van der Waals surface area (Å²) in [6.07, 6.45) is 0. The van der Waals surface area contributed by atoms with E-state index in [1.54, 1.807) is 42.5 Å². The number of anilines is 1. The van der Waals surface area contributed by atoms with Gasteiger partial charge in [0.25, 0.3) is 15.9 Å². The molecule has 0 saturated carbocycles. The summed E-state index contributed by atoms with van der Waals surface area (Å²) in [7, 11) is -3.74. The smallest absolute Gasteiger partial charge is 0.261 e. The number of hydrogen-bond donors (Lipinski definition) is 2. The number of benzene rings is 3. The van der Waals surface area contributed by atoms with Crippen LogP contribution in [0.3, 0.4) is 0 Å². The van der Waals surface area contributed by atoms with Crippen LogP contribution in [0.4, 0.5) is 5.69 Å². The first kappa shape index (κ1) is 23.0. The van der Waals surface area contributed by atoms with Crippen molar-refractivity contribution in [2.24, 2.45) is 0 Å². The number of carbonyl (C=O) groups excluding carboxylic acids is 1. The van der Waals surface area contributed by atoms with Crippen LogP contribution in [0.25, 0.3) is 0 Å². The Bertz CT molecular complexity index is 1160. The number of hydrogen-bond acceptors (Lipinski definition) is 5. The number of nitrogens with one attached hydrogen (secondary N) is 2. The molecule has 0 aromatic heterocycles. The molecule has 172 valence electrons. The first-order valence-corrected chi connectivity index (χ1v) is 12.3. The third kappa shape index (κ3) is 6.19. The van der Waals surface area contributed by atoms with Crippen molar-refractivity contribution in [3.63, 3.8) is 0 Å². The van der Waals surface area contributed by atoms with E-state index in [9.17, 15) is 13.2 Å². The Morgan fingerprint density at radius 1 is 0.909 bits per heavy atom. The summed E-state index contributed by atoms with van der Waals surface area (Å²) in [4.78, 5) is 15.6. The predicted octanol–water partition coefficient (Wildman–Crippen LogP) is 3.29. The van der Waals surface area contributed by atoms with E-state index in [4.69, 9.17) is 4.74 Å². The summed E-state index contributed by atoms with van der Waals surface area (Å²) in [6.45, 7) is 3.66. The van der Waals surface area contributed by atoms with Crippen molar-refractivity contribution in [1.29, 1.82) is 0 Å². The monoisotopic (exact) mass is 465 g/mol. The molecular formula is C25H27N3O4S. The summed E-state index contributed by atoms with van der Waals surface area (Å²) in [5, 5.41) is 3.12. The molecule has 1 heterocycles. The first-order valence-electron chi connectivity index (χ1n) is 10.9.